The molecule has 6 unspecified atom stereocenters. The summed E-state index contributed by atoms with van der Waals surface area (Å²) >= 11 is 1.55. The number of aryl methyl sites for hydroxylation is 1. The van der Waals surface area contributed by atoms with Gasteiger partial charge in [-0.2, -0.15) is 0 Å². The summed E-state index contributed by atoms with van der Waals surface area (Å²) < 4.78 is 5.94. The van der Waals surface area contributed by atoms with Gasteiger partial charge in [0.2, 0.25) is 0 Å². The average Bonchev–Trinajstić information content (AvgIpc) is 3.29. The maximum Gasteiger partial charge on any atom is 0.309 e. The number of aliphatic hydroxyl groups excluding tert-OH is 3. The Hall–Kier alpha value is -1.65. The Morgan fingerprint density at radius 2 is 1.95 bits per heavy atom. The largest absolute Gasteiger partial charge is 0.458 e. The molecule has 9 heteroatoms. The molecule has 3 heterocycles. The van der Waals surface area contributed by atoms with E-state index in [1.807, 2.05) is 32.2 Å². The molecular weight excluding hydrogens is 492 g/mol. The van der Waals surface area contributed by atoms with E-state index in [1.54, 1.807) is 32.1 Å². The second-order valence-corrected chi connectivity index (χ2v) is 12.5. The van der Waals surface area contributed by atoms with Crippen molar-refractivity contribution in [2.45, 2.75) is 104 Å². The second kappa shape index (κ2) is 12.5. The molecule has 0 amide bonds. The van der Waals surface area contributed by atoms with Gasteiger partial charge >= 0.3 is 5.97 Å². The van der Waals surface area contributed by atoms with Gasteiger partial charge in [0.25, 0.3) is 0 Å². The Labute approximate surface area is 224 Å². The molecule has 2 aliphatic rings. The number of hydrogen-bond acceptors (Lipinski definition) is 9. The first-order valence-corrected chi connectivity index (χ1v) is 14.3. The van der Waals surface area contributed by atoms with Crippen molar-refractivity contribution in [3.05, 3.63) is 21.7 Å². The fraction of sp³-hybridized carbons (Fsp3) is 0.750. The van der Waals surface area contributed by atoms with Crippen LogP contribution in [0.5, 0.6) is 0 Å². The highest BCUT2D eigenvalue weighted by atomic mass is 32.1. The summed E-state index contributed by atoms with van der Waals surface area (Å²) in [5.41, 5.74) is 0.467. The molecule has 2 fully saturated rings. The van der Waals surface area contributed by atoms with Gasteiger partial charge in [-0.3, -0.25) is 14.5 Å². The van der Waals surface area contributed by atoms with Gasteiger partial charge in [-0.15, -0.1) is 11.3 Å². The molecule has 208 valence electrons. The van der Waals surface area contributed by atoms with Crippen molar-refractivity contribution >= 4 is 29.2 Å². The van der Waals surface area contributed by atoms with Gasteiger partial charge < -0.3 is 20.1 Å². The van der Waals surface area contributed by atoms with Gasteiger partial charge in [0.05, 0.1) is 41.4 Å². The molecule has 8 atom stereocenters. The number of nitrogens with zero attached hydrogens (tertiary/aromatic N) is 2. The third-order valence-electron chi connectivity index (χ3n) is 8.31. The molecule has 0 radical (unpaired) electrons. The van der Waals surface area contributed by atoms with Crippen molar-refractivity contribution in [1.29, 1.82) is 0 Å². The number of fused-ring (bicyclic) bond motifs is 1. The predicted molar refractivity (Wildman–Crippen MR) is 144 cm³/mol. The third-order valence-corrected chi connectivity index (χ3v) is 9.10. The minimum Gasteiger partial charge on any atom is -0.458 e. The first-order chi connectivity index (χ1) is 17.4. The number of aromatic nitrogens is 1. The van der Waals surface area contributed by atoms with Crippen LogP contribution in [-0.4, -0.2) is 80.5 Å². The zero-order valence-corrected chi connectivity index (χ0v) is 23.8. The van der Waals surface area contributed by atoms with E-state index in [-0.39, 0.29) is 36.8 Å². The van der Waals surface area contributed by atoms with Crippen LogP contribution in [0.25, 0.3) is 6.08 Å². The average molecular weight is 537 g/mol. The normalized spacial score (nSPS) is 36.1. The molecule has 2 saturated heterocycles. The quantitative estimate of drug-likeness (QED) is 0.396. The van der Waals surface area contributed by atoms with Crippen molar-refractivity contribution in [2.24, 2.45) is 17.3 Å². The number of aliphatic hydroxyl groups is 3. The van der Waals surface area contributed by atoms with Crippen LogP contribution in [-0.2, 0) is 14.3 Å². The lowest BCUT2D eigenvalue weighted by atomic mass is 9.73. The molecule has 1 aromatic rings. The summed E-state index contributed by atoms with van der Waals surface area (Å²) in [6.07, 6.45) is 2.19. The van der Waals surface area contributed by atoms with Crippen LogP contribution in [0.2, 0.25) is 0 Å². The number of hydrogen-bond donors (Lipinski definition) is 3. The summed E-state index contributed by atoms with van der Waals surface area (Å²) in [7, 11) is 0. The van der Waals surface area contributed by atoms with E-state index >= 15 is 0 Å². The number of β-amino-alcohol motifs (C(OH)–C–C–N with tert-alkyl or cyclic N) is 1. The summed E-state index contributed by atoms with van der Waals surface area (Å²) in [6, 6.07) is 0.434. The molecule has 0 saturated carbocycles. The second-order valence-electron chi connectivity index (χ2n) is 11.5. The zero-order chi connectivity index (χ0) is 27.5. The highest BCUT2D eigenvalue weighted by Crippen LogP contribution is 2.39. The zero-order valence-electron chi connectivity index (χ0n) is 23.0. The van der Waals surface area contributed by atoms with Gasteiger partial charge in [-0.1, -0.05) is 34.1 Å². The number of Topliss-reactive ketones (excluding diaryl/α,β-unsaturated/α-hetero) is 1. The number of thiazole rings is 1. The Bertz CT molecular complexity index is 976. The molecule has 2 aliphatic heterocycles. The van der Waals surface area contributed by atoms with Crippen LogP contribution in [0.3, 0.4) is 0 Å². The van der Waals surface area contributed by atoms with E-state index in [4.69, 9.17) is 4.74 Å². The number of rotatable bonds is 4. The van der Waals surface area contributed by atoms with E-state index in [0.717, 1.165) is 35.5 Å². The molecule has 3 N–H and O–H groups in total. The van der Waals surface area contributed by atoms with Crippen molar-refractivity contribution in [3.63, 3.8) is 0 Å². The van der Waals surface area contributed by atoms with Crippen molar-refractivity contribution in [3.8, 4) is 0 Å². The number of ether oxygens (including phenoxy) is 1. The molecule has 1 aromatic heterocycles. The number of carbonyl (C=O) groups excluding carboxylic acids is 2. The lowest BCUT2D eigenvalue weighted by Crippen LogP contribution is -2.45. The Morgan fingerprint density at radius 1 is 1.24 bits per heavy atom. The highest BCUT2D eigenvalue weighted by Gasteiger charge is 2.48. The lowest BCUT2D eigenvalue weighted by molar-refractivity contribution is -0.154. The van der Waals surface area contributed by atoms with E-state index in [9.17, 15) is 24.9 Å². The number of ketones is 1. The van der Waals surface area contributed by atoms with Gasteiger partial charge in [-0.25, -0.2) is 4.98 Å². The van der Waals surface area contributed by atoms with Gasteiger partial charge in [0, 0.05) is 36.3 Å². The first kappa shape index (κ1) is 29.9. The van der Waals surface area contributed by atoms with Crippen LogP contribution in [0, 0.1) is 24.2 Å². The first-order valence-electron chi connectivity index (χ1n) is 13.4. The molecule has 3 rings (SSSR count). The van der Waals surface area contributed by atoms with Crippen LogP contribution in [0.15, 0.2) is 11.0 Å². The standard InChI is InChI=1S/C28H44N2O6S/c1-16-8-7-9-21-22(30(21)10-11-31)13-23(17(2)12-20-15-37-19(4)29-20)36-25(33)14-24(32)28(5,6)27(35)18(3)26(16)34/h12,15-16,18,21-24,26,31-32,34H,7-11,13-14H2,1-6H3/t16?,18?,21-,22?,23?,24?,26+,30?/m1/s1. The van der Waals surface area contributed by atoms with Crippen LogP contribution in [0.4, 0.5) is 0 Å². The Balaban J connectivity index is 1.88. The summed E-state index contributed by atoms with van der Waals surface area (Å²) in [6.45, 7) is 11.4. The van der Waals surface area contributed by atoms with Gasteiger partial charge in [-0.05, 0) is 44.3 Å². The smallest absolute Gasteiger partial charge is 0.309 e. The molecule has 0 bridgehead atoms. The molecule has 0 aliphatic carbocycles. The molecule has 0 spiro atoms. The fourth-order valence-electron chi connectivity index (χ4n) is 5.65. The van der Waals surface area contributed by atoms with E-state index < -0.39 is 35.6 Å². The van der Waals surface area contributed by atoms with E-state index in [2.05, 4.69) is 9.88 Å². The summed E-state index contributed by atoms with van der Waals surface area (Å²) in [5.74, 6) is -1.57. The van der Waals surface area contributed by atoms with Gasteiger partial charge in [0.1, 0.15) is 11.9 Å². The molecule has 8 nitrogen and oxygen atoms in total. The van der Waals surface area contributed by atoms with Crippen molar-refractivity contribution in [1.82, 2.24) is 9.88 Å². The molecule has 37 heavy (non-hydrogen) atoms. The maximum atomic E-state index is 13.3. The van der Waals surface area contributed by atoms with Crippen molar-refractivity contribution in [2.75, 3.05) is 13.2 Å². The lowest BCUT2D eigenvalue weighted by Gasteiger charge is -2.34. The van der Waals surface area contributed by atoms with Crippen molar-refractivity contribution < 1.29 is 29.6 Å². The highest BCUT2D eigenvalue weighted by molar-refractivity contribution is 7.09. The Kier molecular flexibility index (Phi) is 10.1. The SMILES string of the molecule is CC(=Cc1csc(C)n1)C1CC2[C@@H](CCCC(C)[C@H](O)C(C)C(=O)C(C)(C)C(O)CC(=O)O1)N2CCO. The third kappa shape index (κ3) is 7.26. The van der Waals surface area contributed by atoms with E-state index in [0.29, 0.717) is 13.0 Å². The van der Waals surface area contributed by atoms with Crippen LogP contribution in [0.1, 0.15) is 77.4 Å². The number of cyclic esters (lactones) is 1. The maximum absolute atomic E-state index is 13.3. The topological polar surface area (TPSA) is 120 Å². The minimum absolute atomic E-state index is 0.0559. The fourth-order valence-corrected chi connectivity index (χ4v) is 6.22. The predicted octanol–water partition coefficient (Wildman–Crippen LogP) is 3.37. The minimum atomic E-state index is -1.24. The van der Waals surface area contributed by atoms with Gasteiger partial charge in [0.15, 0.2) is 0 Å². The summed E-state index contributed by atoms with van der Waals surface area (Å²) in [4.78, 5) is 33.1. The monoisotopic (exact) mass is 536 g/mol. The van der Waals surface area contributed by atoms with Crippen LogP contribution < -0.4 is 0 Å². The number of carbonyl (C=O) groups is 2. The van der Waals surface area contributed by atoms with E-state index in [1.165, 1.54) is 0 Å². The molecule has 0 aromatic carbocycles. The Morgan fingerprint density at radius 3 is 2.57 bits per heavy atom. The van der Waals surface area contributed by atoms with Crippen LogP contribution >= 0.6 is 11.3 Å². The summed E-state index contributed by atoms with van der Waals surface area (Å²) in [5, 5.41) is 34.3. The molecular formula is C28H44N2O6S. The number of esters is 1.